The molecular weight excluding hydrogens is 186 g/mol. The fourth-order valence-electron chi connectivity index (χ4n) is 0.875. The van der Waals surface area contributed by atoms with Gasteiger partial charge in [0.1, 0.15) is 0 Å². The molecule has 0 saturated heterocycles. The van der Waals surface area contributed by atoms with Gasteiger partial charge < -0.3 is 15.9 Å². The highest BCUT2D eigenvalue weighted by Gasteiger charge is 2.18. The number of carbonyl (C=O) groups is 2. The van der Waals surface area contributed by atoms with Gasteiger partial charge in [0.25, 0.3) is 0 Å². The lowest BCUT2D eigenvalue weighted by atomic mass is 10.00. The zero-order chi connectivity index (χ0) is 11.3. The third-order valence-electron chi connectivity index (χ3n) is 1.89. The minimum Gasteiger partial charge on any atom is -0.481 e. The second-order valence-electron chi connectivity index (χ2n) is 3.24. The highest BCUT2D eigenvalue weighted by atomic mass is 16.4. The summed E-state index contributed by atoms with van der Waals surface area (Å²) in [7, 11) is 0. The Hall–Kier alpha value is -1.36. The smallest absolute Gasteiger partial charge is 0.310 e. The van der Waals surface area contributed by atoms with Crippen LogP contribution in [0.3, 0.4) is 0 Å². The summed E-state index contributed by atoms with van der Waals surface area (Å²) >= 11 is 0. The molecule has 14 heavy (non-hydrogen) atoms. The van der Waals surface area contributed by atoms with Crippen LogP contribution >= 0.6 is 0 Å². The first kappa shape index (κ1) is 12.6. The quantitative estimate of drug-likeness (QED) is 0.561. The number of hydrogen-bond donors (Lipinski definition) is 3. The molecular formula is C9H15NO4. The van der Waals surface area contributed by atoms with E-state index >= 15 is 0 Å². The van der Waals surface area contributed by atoms with Crippen LogP contribution in [-0.4, -0.2) is 28.2 Å². The molecule has 0 aliphatic heterocycles. The summed E-state index contributed by atoms with van der Waals surface area (Å²) in [5.41, 5.74) is 6.19. The maximum atomic E-state index is 10.6. The van der Waals surface area contributed by atoms with Gasteiger partial charge in [0.2, 0.25) is 0 Å². The van der Waals surface area contributed by atoms with Crippen molar-refractivity contribution in [1.29, 1.82) is 0 Å². The van der Waals surface area contributed by atoms with Crippen molar-refractivity contribution < 1.29 is 19.8 Å². The third-order valence-corrected chi connectivity index (χ3v) is 1.89. The van der Waals surface area contributed by atoms with E-state index in [1.807, 2.05) is 0 Å². The summed E-state index contributed by atoms with van der Waals surface area (Å²) in [6, 6.07) is -0.259. The average molecular weight is 201 g/mol. The van der Waals surface area contributed by atoms with Crippen LogP contribution in [0.2, 0.25) is 0 Å². The topological polar surface area (TPSA) is 101 Å². The van der Waals surface area contributed by atoms with E-state index in [4.69, 9.17) is 15.9 Å². The van der Waals surface area contributed by atoms with E-state index in [1.165, 1.54) is 6.08 Å². The molecule has 0 fully saturated rings. The molecule has 0 spiro atoms. The molecule has 0 heterocycles. The number of carboxylic acid groups (broad SMARTS) is 2. The van der Waals surface area contributed by atoms with Crippen LogP contribution < -0.4 is 5.73 Å². The van der Waals surface area contributed by atoms with E-state index in [0.717, 1.165) is 0 Å². The van der Waals surface area contributed by atoms with Gasteiger partial charge in [-0.2, -0.15) is 0 Å². The number of aliphatic carboxylic acids is 2. The van der Waals surface area contributed by atoms with Crippen molar-refractivity contribution in [2.24, 2.45) is 11.7 Å². The molecule has 0 bridgehead atoms. The predicted octanol–water partition coefficient (Wildman–Crippen LogP) is 0.455. The first-order valence-corrected chi connectivity index (χ1v) is 4.23. The first-order chi connectivity index (χ1) is 6.34. The highest BCUT2D eigenvalue weighted by molar-refractivity contribution is 5.79. The van der Waals surface area contributed by atoms with Gasteiger partial charge in [-0.3, -0.25) is 9.59 Å². The van der Waals surface area contributed by atoms with Crippen molar-refractivity contribution in [3.63, 3.8) is 0 Å². The average Bonchev–Trinajstić information content (AvgIpc) is 2.01. The Morgan fingerprint density at radius 1 is 1.43 bits per heavy atom. The van der Waals surface area contributed by atoms with Gasteiger partial charge in [0, 0.05) is 6.04 Å². The van der Waals surface area contributed by atoms with E-state index < -0.39 is 24.3 Å². The molecule has 0 amide bonds. The van der Waals surface area contributed by atoms with Gasteiger partial charge in [-0.1, -0.05) is 11.6 Å². The van der Waals surface area contributed by atoms with Gasteiger partial charge >= 0.3 is 11.9 Å². The normalized spacial score (nSPS) is 16.1. The maximum absolute atomic E-state index is 10.6. The largest absolute Gasteiger partial charge is 0.481 e. The minimum absolute atomic E-state index is 0.259. The summed E-state index contributed by atoms with van der Waals surface area (Å²) in [5, 5.41) is 17.2. The Bertz CT molecular complexity index is 258. The predicted molar refractivity (Wildman–Crippen MR) is 50.8 cm³/mol. The van der Waals surface area contributed by atoms with Gasteiger partial charge in [0.15, 0.2) is 0 Å². The van der Waals surface area contributed by atoms with Crippen molar-refractivity contribution in [3.05, 3.63) is 11.6 Å². The van der Waals surface area contributed by atoms with Crippen LogP contribution in [0, 0.1) is 5.92 Å². The Labute approximate surface area is 82.2 Å². The van der Waals surface area contributed by atoms with Crippen LogP contribution in [0.5, 0.6) is 0 Å². The van der Waals surface area contributed by atoms with Crippen molar-refractivity contribution in [2.75, 3.05) is 0 Å². The van der Waals surface area contributed by atoms with E-state index in [1.54, 1.807) is 13.8 Å². The van der Waals surface area contributed by atoms with Gasteiger partial charge in [-0.15, -0.1) is 0 Å². The van der Waals surface area contributed by atoms with E-state index in [9.17, 15) is 9.59 Å². The van der Waals surface area contributed by atoms with Gasteiger partial charge in [-0.05, 0) is 13.8 Å². The van der Waals surface area contributed by atoms with Crippen molar-refractivity contribution in [2.45, 2.75) is 26.3 Å². The van der Waals surface area contributed by atoms with E-state index in [2.05, 4.69) is 0 Å². The second kappa shape index (κ2) is 5.39. The SMILES string of the molecule is C/C(=C\C(CC(=O)O)C(=O)O)C(C)N. The molecule has 5 heteroatoms. The lowest BCUT2D eigenvalue weighted by Crippen LogP contribution is -2.20. The number of rotatable bonds is 5. The van der Waals surface area contributed by atoms with E-state index in [-0.39, 0.29) is 6.04 Å². The molecule has 5 nitrogen and oxygen atoms in total. The number of carboxylic acids is 2. The maximum Gasteiger partial charge on any atom is 0.310 e. The fraction of sp³-hybridized carbons (Fsp3) is 0.556. The molecule has 0 aromatic heterocycles. The lowest BCUT2D eigenvalue weighted by Gasteiger charge is -2.09. The summed E-state index contributed by atoms with van der Waals surface area (Å²) in [6.45, 7) is 3.40. The fourth-order valence-corrected chi connectivity index (χ4v) is 0.875. The zero-order valence-electron chi connectivity index (χ0n) is 8.23. The molecule has 0 aromatic carbocycles. The molecule has 80 valence electrons. The molecule has 0 saturated carbocycles. The summed E-state index contributed by atoms with van der Waals surface area (Å²) in [5.74, 6) is -3.28. The Morgan fingerprint density at radius 2 is 1.93 bits per heavy atom. The Kier molecular flexibility index (Phi) is 4.86. The number of hydrogen-bond acceptors (Lipinski definition) is 3. The number of nitrogens with two attached hydrogens (primary N) is 1. The summed E-state index contributed by atoms with van der Waals surface area (Å²) in [6.07, 6.45) is 0.973. The molecule has 0 aliphatic carbocycles. The third kappa shape index (κ3) is 4.61. The van der Waals surface area contributed by atoms with Crippen LogP contribution in [0.25, 0.3) is 0 Å². The second-order valence-corrected chi connectivity index (χ2v) is 3.24. The summed E-state index contributed by atoms with van der Waals surface area (Å²) in [4.78, 5) is 21.0. The molecule has 4 N–H and O–H groups in total. The van der Waals surface area contributed by atoms with Crippen LogP contribution in [0.1, 0.15) is 20.3 Å². The Balaban J connectivity index is 4.60. The first-order valence-electron chi connectivity index (χ1n) is 4.23. The molecule has 0 aromatic rings. The van der Waals surface area contributed by atoms with Crippen molar-refractivity contribution >= 4 is 11.9 Å². The van der Waals surface area contributed by atoms with E-state index in [0.29, 0.717) is 5.57 Å². The molecule has 0 rings (SSSR count). The highest BCUT2D eigenvalue weighted by Crippen LogP contribution is 2.10. The van der Waals surface area contributed by atoms with Crippen molar-refractivity contribution in [3.8, 4) is 0 Å². The summed E-state index contributed by atoms with van der Waals surface area (Å²) < 4.78 is 0. The van der Waals surface area contributed by atoms with Crippen LogP contribution in [0.4, 0.5) is 0 Å². The van der Waals surface area contributed by atoms with Crippen LogP contribution in [-0.2, 0) is 9.59 Å². The molecule has 2 unspecified atom stereocenters. The van der Waals surface area contributed by atoms with Gasteiger partial charge in [-0.25, -0.2) is 0 Å². The minimum atomic E-state index is -1.15. The molecule has 0 radical (unpaired) electrons. The molecule has 0 aliphatic rings. The van der Waals surface area contributed by atoms with Crippen LogP contribution in [0.15, 0.2) is 11.6 Å². The Morgan fingerprint density at radius 3 is 2.21 bits per heavy atom. The monoisotopic (exact) mass is 201 g/mol. The molecule has 2 atom stereocenters. The lowest BCUT2D eigenvalue weighted by molar-refractivity contribution is -0.146. The standard InChI is InChI=1S/C9H15NO4/c1-5(6(2)10)3-7(9(13)14)4-8(11)12/h3,6-7H,4,10H2,1-2H3,(H,11,12)(H,13,14)/b5-3+. The zero-order valence-corrected chi connectivity index (χ0v) is 8.23. The van der Waals surface area contributed by atoms with Gasteiger partial charge in [0.05, 0.1) is 12.3 Å². The van der Waals surface area contributed by atoms with Crippen molar-refractivity contribution in [1.82, 2.24) is 0 Å².